The summed E-state index contributed by atoms with van der Waals surface area (Å²) in [5, 5.41) is 2.90. The third-order valence-corrected chi connectivity index (χ3v) is 3.04. The van der Waals surface area contributed by atoms with E-state index in [0.29, 0.717) is 18.0 Å². The molecule has 3 N–H and O–H groups in total. The number of amides is 1. The van der Waals surface area contributed by atoms with E-state index in [2.05, 4.69) is 10.3 Å². The number of hydrogen-bond acceptors (Lipinski definition) is 4. The number of ether oxygens (including phenoxy) is 1. The molecular formula is C16H19N3O2. The Bertz CT molecular complexity index is 611. The third kappa shape index (κ3) is 3.95. The first-order chi connectivity index (χ1) is 10.1. The number of benzene rings is 1. The second-order valence-corrected chi connectivity index (χ2v) is 4.68. The first kappa shape index (κ1) is 14.8. The van der Waals surface area contributed by atoms with Gasteiger partial charge < -0.3 is 15.8 Å². The zero-order valence-electron chi connectivity index (χ0n) is 12.2. The highest BCUT2D eigenvalue weighted by Gasteiger charge is 2.12. The lowest BCUT2D eigenvalue weighted by atomic mass is 10.1. The minimum absolute atomic E-state index is 0.141. The van der Waals surface area contributed by atoms with Crippen LogP contribution in [0.1, 0.15) is 35.9 Å². The Morgan fingerprint density at radius 3 is 2.86 bits per heavy atom. The van der Waals surface area contributed by atoms with E-state index in [1.165, 1.54) is 6.20 Å². The number of pyridine rings is 1. The number of anilines is 1. The normalized spacial score (nSPS) is 11.7. The summed E-state index contributed by atoms with van der Waals surface area (Å²) in [5.74, 6) is 0.561. The number of hydrogen-bond donors (Lipinski definition) is 2. The summed E-state index contributed by atoms with van der Waals surface area (Å²) in [6.45, 7) is 4.46. The maximum absolute atomic E-state index is 12.1. The zero-order chi connectivity index (χ0) is 15.2. The van der Waals surface area contributed by atoms with Gasteiger partial charge in [0.05, 0.1) is 24.5 Å². The highest BCUT2D eigenvalue weighted by molar-refractivity contribution is 5.92. The van der Waals surface area contributed by atoms with Crippen molar-refractivity contribution in [2.45, 2.75) is 19.9 Å². The third-order valence-electron chi connectivity index (χ3n) is 3.04. The van der Waals surface area contributed by atoms with Crippen molar-refractivity contribution in [3.05, 3.63) is 53.9 Å². The van der Waals surface area contributed by atoms with Crippen LogP contribution >= 0.6 is 0 Å². The Labute approximate surface area is 124 Å². The number of nitrogens with two attached hydrogens (primary N) is 1. The zero-order valence-corrected chi connectivity index (χ0v) is 12.2. The fraction of sp³-hybridized carbons (Fsp3) is 0.250. The fourth-order valence-electron chi connectivity index (χ4n) is 1.93. The smallest absolute Gasteiger partial charge is 0.270 e. The number of nitrogens with one attached hydrogen (secondary N) is 1. The summed E-state index contributed by atoms with van der Waals surface area (Å²) in [7, 11) is 0. The van der Waals surface area contributed by atoms with Crippen LogP contribution in [0.5, 0.6) is 5.75 Å². The standard InChI is InChI=1S/C16H19N3O2/c1-3-21-14-6-4-5-12(9-14)11(2)19-16(20)15-8-7-13(17)10-18-15/h4-11H,3,17H2,1-2H3,(H,19,20). The average Bonchev–Trinajstić information content (AvgIpc) is 2.48. The van der Waals surface area contributed by atoms with E-state index < -0.39 is 0 Å². The molecule has 2 aromatic rings. The minimum Gasteiger partial charge on any atom is -0.494 e. The quantitative estimate of drug-likeness (QED) is 0.885. The number of aromatic nitrogens is 1. The maximum atomic E-state index is 12.1. The Morgan fingerprint density at radius 2 is 2.19 bits per heavy atom. The van der Waals surface area contributed by atoms with Gasteiger partial charge in [-0.25, -0.2) is 4.98 Å². The number of carbonyl (C=O) groups excluding carboxylic acids is 1. The van der Waals surface area contributed by atoms with Gasteiger partial charge in [-0.3, -0.25) is 4.79 Å². The van der Waals surface area contributed by atoms with Crippen molar-refractivity contribution in [1.82, 2.24) is 10.3 Å². The van der Waals surface area contributed by atoms with Crippen molar-refractivity contribution >= 4 is 11.6 Å². The van der Waals surface area contributed by atoms with Gasteiger partial charge in [-0.15, -0.1) is 0 Å². The molecule has 1 aromatic carbocycles. The van der Waals surface area contributed by atoms with Gasteiger partial charge >= 0.3 is 0 Å². The number of nitrogen functional groups attached to an aromatic ring is 1. The summed E-state index contributed by atoms with van der Waals surface area (Å²) >= 11 is 0. The van der Waals surface area contributed by atoms with Crippen LogP contribution in [-0.4, -0.2) is 17.5 Å². The van der Waals surface area contributed by atoms with E-state index in [1.807, 2.05) is 38.1 Å². The van der Waals surface area contributed by atoms with E-state index >= 15 is 0 Å². The molecule has 1 aromatic heterocycles. The Morgan fingerprint density at radius 1 is 1.38 bits per heavy atom. The molecule has 0 saturated heterocycles. The first-order valence-electron chi connectivity index (χ1n) is 6.85. The van der Waals surface area contributed by atoms with Gasteiger partial charge in [-0.05, 0) is 43.7 Å². The molecule has 0 saturated carbocycles. The van der Waals surface area contributed by atoms with Gasteiger partial charge in [0.15, 0.2) is 0 Å². The summed E-state index contributed by atoms with van der Waals surface area (Å²) in [4.78, 5) is 16.1. The molecule has 0 aliphatic heterocycles. The van der Waals surface area contributed by atoms with Crippen LogP contribution in [0.4, 0.5) is 5.69 Å². The predicted molar refractivity (Wildman–Crippen MR) is 82.1 cm³/mol. The molecule has 0 bridgehead atoms. The lowest BCUT2D eigenvalue weighted by Crippen LogP contribution is -2.27. The van der Waals surface area contributed by atoms with Crippen LogP contribution in [0, 0.1) is 0 Å². The van der Waals surface area contributed by atoms with Gasteiger partial charge in [0.1, 0.15) is 11.4 Å². The highest BCUT2D eigenvalue weighted by atomic mass is 16.5. The summed E-state index contributed by atoms with van der Waals surface area (Å²) in [6.07, 6.45) is 1.47. The largest absolute Gasteiger partial charge is 0.494 e. The molecule has 0 fully saturated rings. The Hall–Kier alpha value is -2.56. The lowest BCUT2D eigenvalue weighted by molar-refractivity contribution is 0.0935. The summed E-state index contributed by atoms with van der Waals surface area (Å²) < 4.78 is 5.46. The molecule has 0 radical (unpaired) electrons. The van der Waals surface area contributed by atoms with Crippen LogP contribution < -0.4 is 15.8 Å². The average molecular weight is 285 g/mol. The van der Waals surface area contributed by atoms with Gasteiger partial charge in [0.25, 0.3) is 5.91 Å². The molecule has 110 valence electrons. The van der Waals surface area contributed by atoms with Crippen LogP contribution in [-0.2, 0) is 0 Å². The molecule has 1 unspecified atom stereocenters. The highest BCUT2D eigenvalue weighted by Crippen LogP contribution is 2.19. The fourth-order valence-corrected chi connectivity index (χ4v) is 1.93. The van der Waals surface area contributed by atoms with Gasteiger partial charge in [0.2, 0.25) is 0 Å². The number of rotatable bonds is 5. The van der Waals surface area contributed by atoms with E-state index in [0.717, 1.165) is 11.3 Å². The molecular weight excluding hydrogens is 266 g/mol. The topological polar surface area (TPSA) is 77.2 Å². The van der Waals surface area contributed by atoms with Crippen LogP contribution in [0.25, 0.3) is 0 Å². The summed E-state index contributed by atoms with van der Waals surface area (Å²) in [6, 6.07) is 10.8. The molecule has 2 rings (SSSR count). The van der Waals surface area contributed by atoms with Gasteiger partial charge in [-0.1, -0.05) is 12.1 Å². The Balaban J connectivity index is 2.06. The van der Waals surface area contributed by atoms with Crippen molar-refractivity contribution in [3.63, 3.8) is 0 Å². The second-order valence-electron chi connectivity index (χ2n) is 4.68. The van der Waals surface area contributed by atoms with Crippen LogP contribution in [0.15, 0.2) is 42.6 Å². The molecule has 5 heteroatoms. The number of carbonyl (C=O) groups is 1. The van der Waals surface area contributed by atoms with E-state index in [4.69, 9.17) is 10.5 Å². The van der Waals surface area contributed by atoms with E-state index in [-0.39, 0.29) is 11.9 Å². The van der Waals surface area contributed by atoms with Crippen molar-refractivity contribution in [2.75, 3.05) is 12.3 Å². The molecule has 1 heterocycles. The van der Waals surface area contributed by atoms with Crippen molar-refractivity contribution in [2.24, 2.45) is 0 Å². The summed E-state index contributed by atoms with van der Waals surface area (Å²) in [5.41, 5.74) is 7.41. The van der Waals surface area contributed by atoms with Crippen molar-refractivity contribution < 1.29 is 9.53 Å². The van der Waals surface area contributed by atoms with Gasteiger partial charge in [0, 0.05) is 0 Å². The Kier molecular flexibility index (Phi) is 4.77. The molecule has 0 aliphatic carbocycles. The van der Waals surface area contributed by atoms with E-state index in [1.54, 1.807) is 12.1 Å². The molecule has 0 aliphatic rings. The van der Waals surface area contributed by atoms with Crippen molar-refractivity contribution in [1.29, 1.82) is 0 Å². The minimum atomic E-state index is -0.232. The molecule has 5 nitrogen and oxygen atoms in total. The predicted octanol–water partition coefficient (Wildman–Crippen LogP) is 2.55. The second kappa shape index (κ2) is 6.74. The van der Waals surface area contributed by atoms with E-state index in [9.17, 15) is 4.79 Å². The first-order valence-corrected chi connectivity index (χ1v) is 6.85. The monoisotopic (exact) mass is 285 g/mol. The SMILES string of the molecule is CCOc1cccc(C(C)NC(=O)c2ccc(N)cn2)c1. The molecule has 21 heavy (non-hydrogen) atoms. The van der Waals surface area contributed by atoms with Gasteiger partial charge in [-0.2, -0.15) is 0 Å². The lowest BCUT2D eigenvalue weighted by Gasteiger charge is -2.15. The number of nitrogens with zero attached hydrogens (tertiary/aromatic N) is 1. The maximum Gasteiger partial charge on any atom is 0.270 e. The molecule has 1 atom stereocenters. The molecule has 0 spiro atoms. The van der Waals surface area contributed by atoms with Crippen LogP contribution in [0.2, 0.25) is 0 Å². The van der Waals surface area contributed by atoms with Crippen LogP contribution in [0.3, 0.4) is 0 Å². The van der Waals surface area contributed by atoms with Crippen molar-refractivity contribution in [3.8, 4) is 5.75 Å². The molecule has 1 amide bonds.